The summed E-state index contributed by atoms with van der Waals surface area (Å²) in [6, 6.07) is -0.456. The molecule has 2 aliphatic heterocycles. The van der Waals surface area contributed by atoms with Gasteiger partial charge in [0.25, 0.3) is 0 Å². The number of urea groups is 1. The van der Waals surface area contributed by atoms with E-state index in [0.717, 1.165) is 11.2 Å². The highest BCUT2D eigenvalue weighted by atomic mass is 16.7. The van der Waals surface area contributed by atoms with Gasteiger partial charge in [0.2, 0.25) is 0 Å². The van der Waals surface area contributed by atoms with Crippen LogP contribution in [0.3, 0.4) is 0 Å². The number of aliphatic imine (C=N–C) groups is 1. The minimum Gasteiger partial charge on any atom is -0.399 e. The first-order valence-corrected chi connectivity index (χ1v) is 6.43. The summed E-state index contributed by atoms with van der Waals surface area (Å²) in [5.74, 6) is 0. The zero-order valence-corrected chi connectivity index (χ0v) is 11.6. The number of carbonyl (C=O) groups is 1. The number of nitrogens with zero attached hydrogens (tertiary/aromatic N) is 1. The molecule has 3 rings (SSSR count). The molecule has 0 unspecified atom stereocenters. The zero-order valence-electron chi connectivity index (χ0n) is 11.6. The van der Waals surface area contributed by atoms with Crippen molar-refractivity contribution >= 4 is 18.9 Å². The third kappa shape index (κ3) is 1.95. The van der Waals surface area contributed by atoms with Gasteiger partial charge in [-0.3, -0.25) is 0 Å². The van der Waals surface area contributed by atoms with Crippen LogP contribution in [-0.4, -0.2) is 36.1 Å². The first-order valence-electron chi connectivity index (χ1n) is 6.43. The van der Waals surface area contributed by atoms with Crippen LogP contribution in [0.25, 0.3) is 0 Å². The highest BCUT2D eigenvalue weighted by Gasteiger charge is 2.52. The molecule has 1 aliphatic carbocycles. The number of carbonyl (C=O) groups excluding carboxylic acids is 1. The van der Waals surface area contributed by atoms with E-state index in [1.807, 2.05) is 45.9 Å². The molecule has 19 heavy (non-hydrogen) atoms. The van der Waals surface area contributed by atoms with Crippen LogP contribution in [0.1, 0.15) is 27.7 Å². The van der Waals surface area contributed by atoms with Crippen molar-refractivity contribution in [1.29, 1.82) is 0 Å². The van der Waals surface area contributed by atoms with E-state index in [1.165, 1.54) is 0 Å². The number of hydrogen-bond donors (Lipinski definition) is 1. The van der Waals surface area contributed by atoms with Crippen LogP contribution in [0.5, 0.6) is 0 Å². The van der Waals surface area contributed by atoms with Gasteiger partial charge < -0.3 is 14.6 Å². The van der Waals surface area contributed by atoms with Crippen molar-refractivity contribution in [3.05, 3.63) is 23.7 Å². The summed E-state index contributed by atoms with van der Waals surface area (Å²) < 4.78 is 12.0. The van der Waals surface area contributed by atoms with Gasteiger partial charge in [-0.25, -0.2) is 4.79 Å². The lowest BCUT2D eigenvalue weighted by Gasteiger charge is -2.32. The molecule has 0 aromatic heterocycles. The third-order valence-electron chi connectivity index (χ3n) is 4.16. The van der Waals surface area contributed by atoms with Crippen molar-refractivity contribution in [2.45, 2.75) is 44.9 Å². The second kappa shape index (κ2) is 3.80. The molecule has 2 heterocycles. The van der Waals surface area contributed by atoms with Crippen LogP contribution < -0.4 is 5.32 Å². The molecular formula is C13H17BN2O3. The lowest BCUT2D eigenvalue weighted by Crippen LogP contribution is -2.41. The number of nitrogens with one attached hydrogen (secondary N) is 1. The highest BCUT2D eigenvalue weighted by Crippen LogP contribution is 2.39. The zero-order chi connectivity index (χ0) is 13.8. The van der Waals surface area contributed by atoms with Crippen LogP contribution in [0.2, 0.25) is 0 Å². The first-order chi connectivity index (χ1) is 8.78. The molecule has 1 fully saturated rings. The third-order valence-corrected chi connectivity index (χ3v) is 4.16. The summed E-state index contributed by atoms with van der Waals surface area (Å²) in [5.41, 5.74) is 0.939. The second-order valence-electron chi connectivity index (χ2n) is 6.05. The van der Waals surface area contributed by atoms with Crippen LogP contribution >= 0.6 is 0 Å². The molecule has 0 radical (unpaired) electrons. The minimum absolute atomic E-state index is 0.161. The van der Waals surface area contributed by atoms with Crippen LogP contribution in [-0.2, 0) is 9.31 Å². The van der Waals surface area contributed by atoms with Gasteiger partial charge in [0.05, 0.1) is 23.0 Å². The number of hydrogen-bond acceptors (Lipinski definition) is 3. The topological polar surface area (TPSA) is 59.9 Å². The lowest BCUT2D eigenvalue weighted by atomic mass is 9.74. The quantitative estimate of drug-likeness (QED) is 0.729. The van der Waals surface area contributed by atoms with Gasteiger partial charge in [-0.2, -0.15) is 4.99 Å². The Kier molecular flexibility index (Phi) is 2.53. The molecule has 1 saturated heterocycles. The molecule has 0 aromatic rings. The molecule has 1 atom stereocenters. The van der Waals surface area contributed by atoms with E-state index in [-0.39, 0.29) is 23.3 Å². The van der Waals surface area contributed by atoms with Crippen LogP contribution in [0.4, 0.5) is 4.79 Å². The fraction of sp³-hybridized carbons (Fsp3) is 0.538. The number of allylic oxidation sites excluding steroid dienone is 2. The number of amides is 2. The molecule has 3 aliphatic rings. The maximum Gasteiger partial charge on any atom is 0.494 e. The molecule has 2 amide bonds. The van der Waals surface area contributed by atoms with Crippen molar-refractivity contribution in [2.75, 3.05) is 0 Å². The van der Waals surface area contributed by atoms with Crippen molar-refractivity contribution in [3.8, 4) is 0 Å². The molecule has 0 spiro atoms. The van der Waals surface area contributed by atoms with Crippen molar-refractivity contribution < 1.29 is 14.1 Å². The summed E-state index contributed by atoms with van der Waals surface area (Å²) in [5, 5.41) is 2.77. The molecule has 0 bridgehead atoms. The van der Waals surface area contributed by atoms with Gasteiger partial charge in [-0.15, -0.1) is 0 Å². The highest BCUT2D eigenvalue weighted by molar-refractivity contribution is 6.56. The Hall–Kier alpha value is -1.40. The summed E-state index contributed by atoms with van der Waals surface area (Å²) in [4.78, 5) is 15.1. The Balaban J connectivity index is 1.83. The smallest absolute Gasteiger partial charge is 0.399 e. The predicted molar refractivity (Wildman–Crippen MR) is 73.1 cm³/mol. The Bertz CT molecular complexity index is 518. The maximum absolute atomic E-state index is 11.2. The molecule has 0 saturated carbocycles. The summed E-state index contributed by atoms with van der Waals surface area (Å²) in [6.07, 6.45) is 5.67. The maximum atomic E-state index is 11.2. The fourth-order valence-electron chi connectivity index (χ4n) is 2.26. The van der Waals surface area contributed by atoms with E-state index < -0.39 is 7.12 Å². The average molecular weight is 260 g/mol. The molecule has 5 nitrogen and oxygen atoms in total. The first kappa shape index (κ1) is 12.6. The monoisotopic (exact) mass is 260 g/mol. The summed E-state index contributed by atoms with van der Waals surface area (Å²) in [7, 11) is -0.402. The largest absolute Gasteiger partial charge is 0.494 e. The summed E-state index contributed by atoms with van der Waals surface area (Å²) >= 11 is 0. The number of rotatable bonds is 1. The van der Waals surface area contributed by atoms with Gasteiger partial charge in [-0.1, -0.05) is 12.2 Å². The van der Waals surface area contributed by atoms with E-state index in [2.05, 4.69) is 10.3 Å². The number of fused-ring (bicyclic) bond motifs is 1. The van der Waals surface area contributed by atoms with Crippen molar-refractivity contribution in [1.82, 2.24) is 5.32 Å². The second-order valence-corrected chi connectivity index (χ2v) is 6.05. The van der Waals surface area contributed by atoms with Gasteiger partial charge in [0.1, 0.15) is 0 Å². The Morgan fingerprint density at radius 2 is 1.84 bits per heavy atom. The minimum atomic E-state index is -0.402. The lowest BCUT2D eigenvalue weighted by molar-refractivity contribution is 0.00578. The molecule has 100 valence electrons. The molecule has 1 N–H and O–H groups in total. The Morgan fingerprint density at radius 3 is 2.47 bits per heavy atom. The average Bonchev–Trinajstić information content (AvgIpc) is 2.74. The summed E-state index contributed by atoms with van der Waals surface area (Å²) in [6.45, 7) is 8.07. The van der Waals surface area contributed by atoms with Gasteiger partial charge in [0, 0.05) is 0 Å². The Labute approximate surface area is 112 Å². The van der Waals surface area contributed by atoms with E-state index in [0.29, 0.717) is 0 Å². The van der Waals surface area contributed by atoms with Gasteiger partial charge in [-0.05, 0) is 39.2 Å². The van der Waals surface area contributed by atoms with Gasteiger partial charge in [0.15, 0.2) is 0 Å². The van der Waals surface area contributed by atoms with E-state index in [9.17, 15) is 4.79 Å². The van der Waals surface area contributed by atoms with E-state index >= 15 is 0 Å². The van der Waals surface area contributed by atoms with Gasteiger partial charge >= 0.3 is 13.1 Å². The Morgan fingerprint density at radius 1 is 1.21 bits per heavy atom. The van der Waals surface area contributed by atoms with E-state index in [1.54, 1.807) is 0 Å². The van der Waals surface area contributed by atoms with Crippen molar-refractivity contribution in [3.63, 3.8) is 0 Å². The van der Waals surface area contributed by atoms with Crippen LogP contribution in [0.15, 0.2) is 28.7 Å². The predicted octanol–water partition coefficient (Wildman–Crippen LogP) is 1.65. The normalized spacial score (nSPS) is 30.8. The SMILES string of the molecule is CC1(C)OB(C2=C[C@@H]3NC(=O)N=C3C=C2)OC1(C)C. The van der Waals surface area contributed by atoms with Crippen molar-refractivity contribution in [2.24, 2.45) is 4.99 Å². The standard InChI is InChI=1S/C13H17BN2O3/c1-12(2)13(3,4)19-14(18-12)8-5-6-9-10(7-8)16-11(17)15-9/h5-7,10H,1-4H3,(H,16,17)/t10-/m0/s1. The molecular weight excluding hydrogens is 243 g/mol. The molecule has 0 aromatic carbocycles. The van der Waals surface area contributed by atoms with Crippen LogP contribution in [0, 0.1) is 0 Å². The fourth-order valence-corrected chi connectivity index (χ4v) is 2.26. The molecule has 6 heteroatoms. The van der Waals surface area contributed by atoms with E-state index in [4.69, 9.17) is 9.31 Å².